The summed E-state index contributed by atoms with van der Waals surface area (Å²) < 4.78 is 32.6. The van der Waals surface area contributed by atoms with Crippen LogP contribution in [-0.2, 0) is 14.8 Å². The molecule has 2 aromatic rings. The van der Waals surface area contributed by atoms with Crippen molar-refractivity contribution in [1.29, 1.82) is 0 Å². The van der Waals surface area contributed by atoms with Crippen LogP contribution in [-0.4, -0.2) is 38.8 Å². The highest BCUT2D eigenvalue weighted by Gasteiger charge is 2.26. The molecule has 154 valence electrons. The number of hydrogen-bond donors (Lipinski definition) is 1. The lowest BCUT2D eigenvalue weighted by Crippen LogP contribution is -2.35. The number of hydrogen-bond acceptors (Lipinski definition) is 4. The lowest BCUT2D eigenvalue weighted by molar-refractivity contribution is -0.111. The summed E-state index contributed by atoms with van der Waals surface area (Å²) >= 11 is 0. The molecule has 0 unspecified atom stereocenters. The number of ether oxygens (including phenoxy) is 1. The number of carbonyl (C=O) groups excluding carboxylic acids is 1. The van der Waals surface area contributed by atoms with Gasteiger partial charge in [0.05, 0.1) is 12.0 Å². The normalized spacial score (nSPS) is 15.4. The molecule has 1 saturated heterocycles. The van der Waals surface area contributed by atoms with Crippen molar-refractivity contribution < 1.29 is 17.9 Å². The zero-order valence-corrected chi connectivity index (χ0v) is 17.5. The molecule has 1 aliphatic rings. The van der Waals surface area contributed by atoms with Gasteiger partial charge in [-0.2, -0.15) is 4.31 Å². The summed E-state index contributed by atoms with van der Waals surface area (Å²) in [5, 5.41) is 2.78. The Morgan fingerprint density at radius 1 is 1.10 bits per heavy atom. The summed E-state index contributed by atoms with van der Waals surface area (Å²) in [7, 11) is -1.98. The van der Waals surface area contributed by atoms with Gasteiger partial charge in [0.25, 0.3) is 0 Å². The van der Waals surface area contributed by atoms with Crippen LogP contribution in [0.4, 0.5) is 5.69 Å². The van der Waals surface area contributed by atoms with Crippen LogP contribution >= 0.6 is 0 Å². The number of methoxy groups -OCH3 is 1. The Morgan fingerprint density at radius 2 is 1.83 bits per heavy atom. The van der Waals surface area contributed by atoms with Crippen molar-refractivity contribution in [3.05, 3.63) is 59.7 Å². The summed E-state index contributed by atoms with van der Waals surface area (Å²) in [6.07, 6.45) is 5.88. The first-order valence-corrected chi connectivity index (χ1v) is 11.1. The highest BCUT2D eigenvalue weighted by atomic mass is 32.2. The highest BCUT2D eigenvalue weighted by Crippen LogP contribution is 2.25. The van der Waals surface area contributed by atoms with Gasteiger partial charge in [0, 0.05) is 30.4 Å². The fourth-order valence-electron chi connectivity index (χ4n) is 3.29. The van der Waals surface area contributed by atoms with Crippen LogP contribution in [0, 0.1) is 6.92 Å². The van der Waals surface area contributed by atoms with Gasteiger partial charge in [0.2, 0.25) is 15.9 Å². The van der Waals surface area contributed by atoms with E-state index in [2.05, 4.69) is 5.32 Å². The zero-order chi connectivity index (χ0) is 20.9. The first-order chi connectivity index (χ1) is 13.9. The Bertz CT molecular complexity index is 1010. The average molecular weight is 415 g/mol. The van der Waals surface area contributed by atoms with E-state index in [0.717, 1.165) is 30.4 Å². The number of sulfonamides is 1. The third-order valence-corrected chi connectivity index (χ3v) is 6.87. The Labute approximate surface area is 172 Å². The van der Waals surface area contributed by atoms with E-state index in [0.29, 0.717) is 24.5 Å². The summed E-state index contributed by atoms with van der Waals surface area (Å²) in [6, 6.07) is 12.2. The van der Waals surface area contributed by atoms with Crippen molar-refractivity contribution in [3.8, 4) is 5.75 Å². The smallest absolute Gasteiger partial charge is 0.248 e. The fraction of sp³-hybridized carbons (Fsp3) is 0.318. The number of nitrogens with one attached hydrogen (secondary N) is 1. The average Bonchev–Trinajstić information content (AvgIpc) is 2.74. The first-order valence-electron chi connectivity index (χ1n) is 9.65. The Hall–Kier alpha value is -2.64. The minimum absolute atomic E-state index is 0.203. The molecule has 1 N–H and O–H groups in total. The summed E-state index contributed by atoms with van der Waals surface area (Å²) in [5.74, 6) is 0.328. The van der Waals surface area contributed by atoms with Gasteiger partial charge in [0.15, 0.2) is 0 Å². The van der Waals surface area contributed by atoms with E-state index < -0.39 is 10.0 Å². The zero-order valence-electron chi connectivity index (χ0n) is 16.7. The number of aryl methyl sites for hydroxylation is 1. The number of piperidine rings is 1. The SMILES string of the molecule is COc1ccccc1/C=C/C(=O)Nc1cc(S(=O)(=O)N2CCCCC2)ccc1C. The van der Waals surface area contributed by atoms with Crippen LogP contribution in [0.25, 0.3) is 6.08 Å². The molecule has 0 radical (unpaired) electrons. The molecule has 1 amide bonds. The van der Waals surface area contributed by atoms with Gasteiger partial charge in [-0.1, -0.05) is 30.7 Å². The van der Waals surface area contributed by atoms with E-state index >= 15 is 0 Å². The summed E-state index contributed by atoms with van der Waals surface area (Å²) in [6.45, 7) is 2.91. The number of para-hydroxylation sites is 1. The quantitative estimate of drug-likeness (QED) is 0.729. The van der Waals surface area contributed by atoms with Crippen LogP contribution < -0.4 is 10.1 Å². The third-order valence-electron chi connectivity index (χ3n) is 4.97. The molecule has 3 rings (SSSR count). The molecule has 1 heterocycles. The maximum atomic E-state index is 12.9. The van der Waals surface area contributed by atoms with E-state index in [1.165, 1.54) is 16.4 Å². The maximum Gasteiger partial charge on any atom is 0.248 e. The molecule has 0 aromatic heterocycles. The van der Waals surface area contributed by atoms with Crippen molar-refractivity contribution in [2.45, 2.75) is 31.1 Å². The molecule has 2 aromatic carbocycles. The van der Waals surface area contributed by atoms with Crippen molar-refractivity contribution in [3.63, 3.8) is 0 Å². The monoisotopic (exact) mass is 414 g/mol. The minimum Gasteiger partial charge on any atom is -0.496 e. The largest absolute Gasteiger partial charge is 0.496 e. The molecule has 0 atom stereocenters. The van der Waals surface area contributed by atoms with Crippen LogP contribution in [0.3, 0.4) is 0 Å². The van der Waals surface area contributed by atoms with Gasteiger partial charge in [-0.25, -0.2) is 8.42 Å². The molecule has 7 heteroatoms. The van der Waals surface area contributed by atoms with Crippen LogP contribution in [0.1, 0.15) is 30.4 Å². The molecular weight excluding hydrogens is 388 g/mol. The lowest BCUT2D eigenvalue weighted by atomic mass is 10.1. The molecule has 0 bridgehead atoms. The Kier molecular flexibility index (Phi) is 6.71. The number of anilines is 1. The van der Waals surface area contributed by atoms with Gasteiger partial charge < -0.3 is 10.1 Å². The molecule has 0 spiro atoms. The Balaban J connectivity index is 1.78. The van der Waals surface area contributed by atoms with Crippen molar-refractivity contribution in [2.24, 2.45) is 0 Å². The van der Waals surface area contributed by atoms with Crippen LogP contribution in [0.5, 0.6) is 5.75 Å². The summed E-state index contributed by atoms with van der Waals surface area (Å²) in [4.78, 5) is 12.6. The van der Waals surface area contributed by atoms with Gasteiger partial charge >= 0.3 is 0 Å². The molecule has 29 heavy (non-hydrogen) atoms. The number of carbonyl (C=O) groups is 1. The number of benzene rings is 2. The molecule has 6 nitrogen and oxygen atoms in total. The standard InChI is InChI=1S/C22H26N2O4S/c1-17-10-12-19(29(26,27)24-14-6-3-7-15-24)16-20(17)23-22(25)13-11-18-8-4-5-9-21(18)28-2/h4-5,8-13,16H,3,6-7,14-15H2,1-2H3,(H,23,25)/b13-11+. The highest BCUT2D eigenvalue weighted by molar-refractivity contribution is 7.89. The second kappa shape index (κ2) is 9.24. The predicted molar refractivity (Wildman–Crippen MR) is 114 cm³/mol. The number of rotatable bonds is 6. The summed E-state index contributed by atoms with van der Waals surface area (Å²) in [5.41, 5.74) is 2.06. The lowest BCUT2D eigenvalue weighted by Gasteiger charge is -2.26. The van der Waals surface area contributed by atoms with Crippen LogP contribution in [0.15, 0.2) is 53.4 Å². The van der Waals surface area contributed by atoms with Gasteiger partial charge in [0.1, 0.15) is 5.75 Å². The topological polar surface area (TPSA) is 75.7 Å². The predicted octanol–water partition coefficient (Wildman–Crippen LogP) is 3.83. The molecule has 0 saturated carbocycles. The van der Waals surface area contributed by atoms with E-state index in [-0.39, 0.29) is 10.8 Å². The van der Waals surface area contributed by atoms with Gasteiger partial charge in [-0.15, -0.1) is 0 Å². The second-order valence-corrected chi connectivity index (χ2v) is 8.94. The second-order valence-electron chi connectivity index (χ2n) is 7.01. The first kappa shape index (κ1) is 21.1. The minimum atomic E-state index is -3.55. The van der Waals surface area contributed by atoms with Crippen molar-refractivity contribution in [2.75, 3.05) is 25.5 Å². The molecule has 1 aliphatic heterocycles. The van der Waals surface area contributed by atoms with Crippen molar-refractivity contribution in [1.82, 2.24) is 4.31 Å². The van der Waals surface area contributed by atoms with E-state index in [1.807, 2.05) is 31.2 Å². The molecular formula is C22H26N2O4S. The van der Waals surface area contributed by atoms with E-state index in [4.69, 9.17) is 4.74 Å². The van der Waals surface area contributed by atoms with E-state index in [1.54, 1.807) is 25.3 Å². The Morgan fingerprint density at radius 3 is 2.55 bits per heavy atom. The van der Waals surface area contributed by atoms with Crippen molar-refractivity contribution >= 4 is 27.7 Å². The third kappa shape index (κ3) is 5.05. The van der Waals surface area contributed by atoms with Gasteiger partial charge in [-0.3, -0.25) is 4.79 Å². The molecule has 0 aliphatic carbocycles. The molecule has 1 fully saturated rings. The maximum absolute atomic E-state index is 12.9. The fourth-order valence-corrected chi connectivity index (χ4v) is 4.84. The van der Waals surface area contributed by atoms with E-state index in [9.17, 15) is 13.2 Å². The number of amides is 1. The van der Waals surface area contributed by atoms with Gasteiger partial charge in [-0.05, 0) is 49.6 Å². The number of nitrogens with zero attached hydrogens (tertiary/aromatic N) is 1. The van der Waals surface area contributed by atoms with Crippen LogP contribution in [0.2, 0.25) is 0 Å².